The Bertz CT molecular complexity index is 453. The van der Waals surface area contributed by atoms with Gasteiger partial charge in [0.1, 0.15) is 0 Å². The topological polar surface area (TPSA) is 86.7 Å². The second kappa shape index (κ2) is 3.97. The monoisotopic (exact) mass is 262 g/mol. The van der Waals surface area contributed by atoms with Crippen LogP contribution < -0.4 is 0 Å². The maximum atomic E-state index is 11.8. The molecule has 0 amide bonds. The number of ether oxygens (including phenoxy) is 2. The van der Waals surface area contributed by atoms with Gasteiger partial charge in [-0.05, 0) is 12.3 Å². The van der Waals surface area contributed by atoms with E-state index in [1.807, 2.05) is 0 Å². The zero-order valence-electron chi connectivity index (χ0n) is 9.58. The van der Waals surface area contributed by atoms with Crippen LogP contribution in [-0.4, -0.2) is 45.6 Å². The van der Waals surface area contributed by atoms with E-state index in [2.05, 4.69) is 9.47 Å². The van der Waals surface area contributed by atoms with E-state index in [4.69, 9.17) is 0 Å². The Labute approximate surface area is 99.2 Å². The number of rotatable bonds is 2. The number of hydrogen-bond acceptors (Lipinski definition) is 6. The summed E-state index contributed by atoms with van der Waals surface area (Å²) in [5.74, 6) is -3.01. The first-order chi connectivity index (χ1) is 7.94. The summed E-state index contributed by atoms with van der Waals surface area (Å²) in [7, 11) is -0.859. The van der Waals surface area contributed by atoms with Gasteiger partial charge in [-0.15, -0.1) is 0 Å². The van der Waals surface area contributed by atoms with Crippen LogP contribution in [0.25, 0.3) is 0 Å². The van der Waals surface area contributed by atoms with Gasteiger partial charge in [0.15, 0.2) is 9.84 Å². The summed E-state index contributed by atoms with van der Waals surface area (Å²) in [5, 5.41) is -0.765. The lowest BCUT2D eigenvalue weighted by atomic mass is 9.63. The Morgan fingerprint density at radius 2 is 1.59 bits per heavy atom. The average Bonchev–Trinajstić information content (AvgIpc) is 2.50. The molecule has 6 nitrogen and oxygen atoms in total. The van der Waals surface area contributed by atoms with Gasteiger partial charge in [-0.3, -0.25) is 9.59 Å². The second-order valence-corrected chi connectivity index (χ2v) is 6.66. The lowest BCUT2D eigenvalue weighted by Crippen LogP contribution is -2.58. The summed E-state index contributed by atoms with van der Waals surface area (Å²) >= 11 is 0. The molecule has 96 valence electrons. The molecule has 1 heterocycles. The molecule has 0 radical (unpaired) electrons. The van der Waals surface area contributed by atoms with E-state index in [1.54, 1.807) is 0 Å². The number of fused-ring (bicyclic) bond motifs is 1. The van der Waals surface area contributed by atoms with Crippen LogP contribution in [0.4, 0.5) is 0 Å². The van der Waals surface area contributed by atoms with E-state index < -0.39 is 38.9 Å². The molecule has 0 aromatic rings. The van der Waals surface area contributed by atoms with Gasteiger partial charge in [0.25, 0.3) is 0 Å². The summed E-state index contributed by atoms with van der Waals surface area (Å²) in [5.41, 5.74) is 0. The van der Waals surface area contributed by atoms with Gasteiger partial charge in [0.05, 0.1) is 37.1 Å². The van der Waals surface area contributed by atoms with Gasteiger partial charge in [0, 0.05) is 0 Å². The minimum atomic E-state index is -3.27. The molecule has 0 bridgehead atoms. The molecule has 4 atom stereocenters. The molecule has 0 spiro atoms. The van der Waals surface area contributed by atoms with E-state index in [9.17, 15) is 18.0 Å². The van der Waals surface area contributed by atoms with Crippen molar-refractivity contribution in [1.82, 2.24) is 0 Å². The number of carbonyl (C=O) groups excluding carboxylic acids is 2. The molecule has 2 aliphatic rings. The molecule has 7 heteroatoms. The molecular formula is C10H14O6S. The van der Waals surface area contributed by atoms with Gasteiger partial charge in [-0.2, -0.15) is 0 Å². The van der Waals surface area contributed by atoms with Crippen molar-refractivity contribution in [3.8, 4) is 0 Å². The summed E-state index contributed by atoms with van der Waals surface area (Å²) < 4.78 is 32.7. The summed E-state index contributed by atoms with van der Waals surface area (Å²) in [4.78, 5) is 23.1. The number of sulfone groups is 1. The summed E-state index contributed by atoms with van der Waals surface area (Å²) in [6, 6.07) is 0. The van der Waals surface area contributed by atoms with Gasteiger partial charge in [-0.1, -0.05) is 0 Å². The van der Waals surface area contributed by atoms with Gasteiger partial charge in [0.2, 0.25) is 0 Å². The Balaban J connectivity index is 2.31. The molecule has 1 saturated heterocycles. The van der Waals surface area contributed by atoms with Gasteiger partial charge < -0.3 is 9.47 Å². The molecule has 0 N–H and O–H groups in total. The zero-order valence-corrected chi connectivity index (χ0v) is 10.4. The SMILES string of the molecule is COC(=O)[C@@H]1[C@H]2CCS(=O)(=O)[C@H]2[C@@H]1C(=O)OC. The standard InChI is InChI=1S/C10H14O6S/c1-15-9(11)6-5-3-4-17(13,14)8(5)7(6)10(12)16-2/h5-8H,3-4H2,1-2H3/t5-,6-,7-,8-/m1/s1. The fraction of sp³-hybridized carbons (Fsp3) is 0.800. The van der Waals surface area contributed by atoms with Crippen LogP contribution >= 0.6 is 0 Å². The third-order valence-electron chi connectivity index (χ3n) is 3.72. The maximum Gasteiger partial charge on any atom is 0.310 e. The molecule has 1 aliphatic carbocycles. The Morgan fingerprint density at radius 1 is 1.06 bits per heavy atom. The molecule has 17 heavy (non-hydrogen) atoms. The highest BCUT2D eigenvalue weighted by Gasteiger charge is 2.66. The molecule has 1 saturated carbocycles. The molecule has 0 aromatic carbocycles. The van der Waals surface area contributed by atoms with Crippen molar-refractivity contribution >= 4 is 21.8 Å². The van der Waals surface area contributed by atoms with Crippen LogP contribution in [-0.2, 0) is 28.9 Å². The van der Waals surface area contributed by atoms with Crippen LogP contribution in [0.5, 0.6) is 0 Å². The quantitative estimate of drug-likeness (QED) is 0.616. The van der Waals surface area contributed by atoms with Crippen molar-refractivity contribution in [2.24, 2.45) is 17.8 Å². The lowest BCUT2D eigenvalue weighted by molar-refractivity contribution is -0.168. The fourth-order valence-corrected chi connectivity index (χ4v) is 5.38. The van der Waals surface area contributed by atoms with Crippen molar-refractivity contribution in [2.45, 2.75) is 11.7 Å². The zero-order chi connectivity index (χ0) is 12.8. The Hall–Kier alpha value is -1.11. The van der Waals surface area contributed by atoms with Gasteiger partial charge >= 0.3 is 11.9 Å². The second-order valence-electron chi connectivity index (χ2n) is 4.38. The van der Waals surface area contributed by atoms with Crippen LogP contribution in [0.15, 0.2) is 0 Å². The van der Waals surface area contributed by atoms with Crippen LogP contribution in [0.2, 0.25) is 0 Å². The largest absolute Gasteiger partial charge is 0.469 e. The first-order valence-corrected chi connectivity index (χ1v) is 7.03. The fourth-order valence-electron chi connectivity index (χ4n) is 2.94. The number of esters is 2. The Morgan fingerprint density at radius 3 is 2.12 bits per heavy atom. The van der Waals surface area contributed by atoms with E-state index in [1.165, 1.54) is 14.2 Å². The molecule has 1 aliphatic heterocycles. The number of carbonyl (C=O) groups is 2. The molecule has 2 fully saturated rings. The predicted octanol–water partition coefficient (Wildman–Crippen LogP) is -0.618. The third-order valence-corrected chi connectivity index (χ3v) is 6.00. The maximum absolute atomic E-state index is 11.8. The van der Waals surface area contributed by atoms with Crippen molar-refractivity contribution in [1.29, 1.82) is 0 Å². The number of methoxy groups -OCH3 is 2. The highest BCUT2D eigenvalue weighted by molar-refractivity contribution is 7.92. The lowest BCUT2D eigenvalue weighted by Gasteiger charge is -2.43. The molecular weight excluding hydrogens is 248 g/mol. The minimum absolute atomic E-state index is 0.0311. The van der Waals surface area contributed by atoms with Crippen molar-refractivity contribution < 1.29 is 27.5 Å². The van der Waals surface area contributed by atoms with E-state index >= 15 is 0 Å². The first-order valence-electron chi connectivity index (χ1n) is 5.31. The van der Waals surface area contributed by atoms with Crippen LogP contribution in [0.1, 0.15) is 6.42 Å². The minimum Gasteiger partial charge on any atom is -0.469 e. The number of hydrogen-bond donors (Lipinski definition) is 0. The summed E-state index contributed by atoms with van der Waals surface area (Å²) in [6.07, 6.45) is 0.417. The summed E-state index contributed by atoms with van der Waals surface area (Å²) in [6.45, 7) is 0. The van der Waals surface area contributed by atoms with Gasteiger partial charge in [-0.25, -0.2) is 8.42 Å². The smallest absolute Gasteiger partial charge is 0.310 e. The molecule has 0 unspecified atom stereocenters. The Kier molecular flexibility index (Phi) is 2.89. The normalized spacial score (nSPS) is 37.8. The average molecular weight is 262 g/mol. The van der Waals surface area contributed by atoms with E-state index in [0.717, 1.165) is 0 Å². The predicted molar refractivity (Wildman–Crippen MR) is 56.7 cm³/mol. The third kappa shape index (κ3) is 1.64. The van der Waals surface area contributed by atoms with E-state index in [-0.39, 0.29) is 11.7 Å². The van der Waals surface area contributed by atoms with Crippen molar-refractivity contribution in [2.75, 3.05) is 20.0 Å². The highest BCUT2D eigenvalue weighted by atomic mass is 32.2. The molecule has 0 aromatic heterocycles. The van der Waals surface area contributed by atoms with E-state index in [0.29, 0.717) is 6.42 Å². The van der Waals surface area contributed by atoms with Crippen LogP contribution in [0.3, 0.4) is 0 Å². The molecule has 2 rings (SSSR count). The van der Waals surface area contributed by atoms with Crippen LogP contribution in [0, 0.1) is 17.8 Å². The highest BCUT2D eigenvalue weighted by Crippen LogP contribution is 2.52. The first kappa shape index (κ1) is 12.3. The van der Waals surface area contributed by atoms with Crippen molar-refractivity contribution in [3.63, 3.8) is 0 Å². The van der Waals surface area contributed by atoms with Crippen molar-refractivity contribution in [3.05, 3.63) is 0 Å².